The van der Waals surface area contributed by atoms with Gasteiger partial charge in [-0.15, -0.1) is 11.3 Å². The van der Waals surface area contributed by atoms with Crippen LogP contribution in [-0.4, -0.2) is 55.6 Å². The minimum Gasteiger partial charge on any atom is -0.470 e. The predicted molar refractivity (Wildman–Crippen MR) is 126 cm³/mol. The zero-order valence-electron chi connectivity index (χ0n) is 18.6. The summed E-state index contributed by atoms with van der Waals surface area (Å²) in [6.07, 6.45) is 6.37. The monoisotopic (exact) mass is 467 g/mol. The molecule has 1 aliphatic rings. The van der Waals surface area contributed by atoms with Crippen molar-refractivity contribution in [3.63, 3.8) is 0 Å². The first-order valence-electron chi connectivity index (χ1n) is 10.7. The number of aromatic nitrogens is 5. The molecule has 0 aromatic carbocycles. The maximum atomic E-state index is 12.3. The minimum atomic E-state index is -0.107. The molecule has 5 heterocycles. The Kier molecular flexibility index (Phi) is 5.73. The Bertz CT molecular complexity index is 1290. The number of nitrogens with zero attached hydrogens (tertiary/aromatic N) is 5. The number of aryl methyl sites for hydroxylation is 1. The van der Waals surface area contributed by atoms with E-state index in [-0.39, 0.29) is 18.1 Å². The number of carbonyl (C=O) groups is 1. The molecule has 5 rings (SSSR count). The molecule has 1 fully saturated rings. The Labute approximate surface area is 194 Å². The van der Waals surface area contributed by atoms with Gasteiger partial charge in [-0.3, -0.25) is 9.48 Å². The molecule has 0 spiro atoms. The van der Waals surface area contributed by atoms with Crippen LogP contribution in [0.25, 0.3) is 16.7 Å². The van der Waals surface area contributed by atoms with Crippen LogP contribution < -0.4 is 15.4 Å². The van der Waals surface area contributed by atoms with Crippen LogP contribution in [0, 0.1) is 0 Å². The van der Waals surface area contributed by atoms with Crippen LogP contribution in [0.15, 0.2) is 36.1 Å². The van der Waals surface area contributed by atoms with Crippen molar-refractivity contribution in [2.75, 3.05) is 18.5 Å². The third-order valence-corrected chi connectivity index (χ3v) is 6.00. The summed E-state index contributed by atoms with van der Waals surface area (Å²) in [7, 11) is 1.87. The Morgan fingerprint density at radius 3 is 2.97 bits per heavy atom. The maximum Gasteiger partial charge on any atom is 0.252 e. The van der Waals surface area contributed by atoms with E-state index < -0.39 is 0 Å². The van der Waals surface area contributed by atoms with Crippen molar-refractivity contribution in [3.05, 3.63) is 41.7 Å². The fourth-order valence-corrected chi connectivity index (χ4v) is 4.41. The van der Waals surface area contributed by atoms with Gasteiger partial charge < -0.3 is 24.7 Å². The van der Waals surface area contributed by atoms with Crippen LogP contribution in [0.3, 0.4) is 0 Å². The van der Waals surface area contributed by atoms with Crippen LogP contribution in [0.5, 0.6) is 5.88 Å². The van der Waals surface area contributed by atoms with Gasteiger partial charge in [0.2, 0.25) is 11.8 Å². The number of amides is 1. The van der Waals surface area contributed by atoms with Gasteiger partial charge in [0.05, 0.1) is 41.2 Å². The van der Waals surface area contributed by atoms with E-state index in [9.17, 15) is 4.79 Å². The number of thiophene rings is 1. The molecule has 0 bridgehead atoms. The fourth-order valence-electron chi connectivity index (χ4n) is 3.64. The molecule has 1 amide bonds. The highest BCUT2D eigenvalue weighted by Gasteiger charge is 2.22. The number of nitrogens with one attached hydrogen (secondary N) is 2. The van der Waals surface area contributed by atoms with Gasteiger partial charge in [0.25, 0.3) is 5.91 Å². The molecule has 33 heavy (non-hydrogen) atoms. The third-order valence-electron chi connectivity index (χ3n) is 5.15. The topological polar surface area (TPSA) is 108 Å². The summed E-state index contributed by atoms with van der Waals surface area (Å²) in [5.74, 6) is 0.767. The summed E-state index contributed by atoms with van der Waals surface area (Å²) >= 11 is 1.42. The number of hydrogen-bond acceptors (Lipinski definition) is 8. The standard InChI is InChI=1S/C22H25N7O3S/c1-13(2)24-20(30)14-8-18(33-12-14)26-22-25-17-4-6-29(15-9-23-28(3)10-15)19(17)21(27-22)32-16-5-7-31-11-16/h4,6,8-10,12-13,16H,5,7,11H2,1-3H3,(H,24,30)(H,25,26,27)/t16-/m0/s1. The summed E-state index contributed by atoms with van der Waals surface area (Å²) in [5, 5.41) is 13.0. The molecule has 10 nitrogen and oxygen atoms in total. The first-order valence-corrected chi connectivity index (χ1v) is 11.6. The van der Waals surface area contributed by atoms with Crippen LogP contribution in [0.4, 0.5) is 10.9 Å². The summed E-state index contributed by atoms with van der Waals surface area (Å²) in [5.41, 5.74) is 2.99. The highest BCUT2D eigenvalue weighted by atomic mass is 32.1. The molecular weight excluding hydrogens is 442 g/mol. The fraction of sp³-hybridized carbons (Fsp3) is 0.364. The molecule has 4 aromatic rings. The molecule has 0 aliphatic carbocycles. The molecule has 4 aromatic heterocycles. The van der Waals surface area contributed by atoms with Crippen LogP contribution in [0.2, 0.25) is 0 Å². The van der Waals surface area contributed by atoms with Crippen LogP contribution in [-0.2, 0) is 11.8 Å². The molecule has 0 unspecified atom stereocenters. The van der Waals surface area contributed by atoms with E-state index in [1.807, 2.05) is 49.3 Å². The number of carbonyl (C=O) groups excluding carboxylic acids is 1. The van der Waals surface area contributed by atoms with Crippen molar-refractivity contribution in [1.82, 2.24) is 29.6 Å². The minimum absolute atomic E-state index is 0.0683. The molecule has 1 aliphatic heterocycles. The summed E-state index contributed by atoms with van der Waals surface area (Å²) in [6.45, 7) is 5.06. The van der Waals surface area contributed by atoms with Gasteiger partial charge in [0.15, 0.2) is 0 Å². The largest absolute Gasteiger partial charge is 0.470 e. The van der Waals surface area contributed by atoms with Gasteiger partial charge in [-0.05, 0) is 26.0 Å². The second kappa shape index (κ2) is 8.83. The van der Waals surface area contributed by atoms with Crippen molar-refractivity contribution >= 4 is 39.2 Å². The number of ether oxygens (including phenoxy) is 2. The Morgan fingerprint density at radius 2 is 2.24 bits per heavy atom. The first kappa shape index (κ1) is 21.4. The van der Waals surface area contributed by atoms with Gasteiger partial charge in [0, 0.05) is 37.3 Å². The number of anilines is 2. The lowest BCUT2D eigenvalue weighted by atomic mass is 10.3. The van der Waals surface area contributed by atoms with Crippen molar-refractivity contribution in [3.8, 4) is 11.6 Å². The lowest BCUT2D eigenvalue weighted by molar-refractivity contribution is 0.0943. The average Bonchev–Trinajstić information content (AvgIpc) is 3.54. The van der Waals surface area contributed by atoms with Crippen molar-refractivity contribution in [1.29, 1.82) is 0 Å². The lowest BCUT2D eigenvalue weighted by Crippen LogP contribution is -2.29. The third kappa shape index (κ3) is 4.55. The highest BCUT2D eigenvalue weighted by molar-refractivity contribution is 7.14. The second-order valence-electron chi connectivity index (χ2n) is 8.20. The molecule has 172 valence electrons. The molecular formula is C22H25N7O3S. The van der Waals surface area contributed by atoms with Crippen LogP contribution >= 0.6 is 11.3 Å². The van der Waals surface area contributed by atoms with E-state index in [1.165, 1.54) is 11.3 Å². The molecule has 1 saturated heterocycles. The number of hydrogen-bond donors (Lipinski definition) is 2. The summed E-state index contributed by atoms with van der Waals surface area (Å²) in [6, 6.07) is 3.79. The second-order valence-corrected chi connectivity index (χ2v) is 9.11. The van der Waals surface area contributed by atoms with E-state index in [4.69, 9.17) is 9.47 Å². The Morgan fingerprint density at radius 1 is 1.36 bits per heavy atom. The highest BCUT2D eigenvalue weighted by Crippen LogP contribution is 2.31. The Hall–Kier alpha value is -3.44. The van der Waals surface area contributed by atoms with Crippen LogP contribution in [0.1, 0.15) is 30.6 Å². The zero-order valence-corrected chi connectivity index (χ0v) is 19.4. The van der Waals surface area contributed by atoms with E-state index >= 15 is 0 Å². The van der Waals surface area contributed by atoms with Gasteiger partial charge in [0.1, 0.15) is 11.6 Å². The number of fused-ring (bicyclic) bond motifs is 1. The Balaban J connectivity index is 1.48. The van der Waals surface area contributed by atoms with Gasteiger partial charge in [-0.25, -0.2) is 4.98 Å². The molecule has 1 atom stereocenters. The van der Waals surface area contributed by atoms with E-state index in [0.717, 1.165) is 28.1 Å². The number of rotatable bonds is 7. The van der Waals surface area contributed by atoms with Gasteiger partial charge >= 0.3 is 0 Å². The molecule has 0 radical (unpaired) electrons. The molecule has 0 saturated carbocycles. The maximum absolute atomic E-state index is 12.3. The summed E-state index contributed by atoms with van der Waals surface area (Å²) in [4.78, 5) is 21.6. The average molecular weight is 468 g/mol. The normalized spacial score (nSPS) is 15.9. The smallest absolute Gasteiger partial charge is 0.252 e. The quantitative estimate of drug-likeness (QED) is 0.429. The van der Waals surface area contributed by atoms with Crippen molar-refractivity contribution in [2.24, 2.45) is 7.05 Å². The molecule has 11 heteroatoms. The summed E-state index contributed by atoms with van der Waals surface area (Å²) < 4.78 is 15.4. The van der Waals surface area contributed by atoms with E-state index in [2.05, 4.69) is 25.7 Å². The van der Waals surface area contributed by atoms with Gasteiger partial charge in [-0.2, -0.15) is 10.1 Å². The van der Waals surface area contributed by atoms with Gasteiger partial charge in [-0.1, -0.05) is 0 Å². The van der Waals surface area contributed by atoms with E-state index in [0.29, 0.717) is 30.6 Å². The van der Waals surface area contributed by atoms with E-state index in [1.54, 1.807) is 16.9 Å². The molecule has 2 N–H and O–H groups in total. The van der Waals surface area contributed by atoms with Crippen molar-refractivity contribution in [2.45, 2.75) is 32.4 Å². The SMILES string of the molecule is CC(C)NC(=O)c1csc(Nc2nc(O[C@H]3CCOC3)c3c(ccn3-c3cnn(C)c3)n2)c1. The lowest BCUT2D eigenvalue weighted by Gasteiger charge is -2.14. The first-order chi connectivity index (χ1) is 16.0. The zero-order chi connectivity index (χ0) is 22.9. The predicted octanol–water partition coefficient (Wildman–Crippen LogP) is 3.27. The van der Waals surface area contributed by atoms with Crippen molar-refractivity contribution < 1.29 is 14.3 Å².